The first-order valence-electron chi connectivity index (χ1n) is 6.52. The fourth-order valence-corrected chi connectivity index (χ4v) is 1.83. The average molecular weight is 302 g/mol. The lowest BCUT2D eigenvalue weighted by Gasteiger charge is -2.05. The topological polar surface area (TPSA) is 53.5 Å². The molecule has 2 rings (SSSR count). The first-order chi connectivity index (χ1) is 10.1. The third-order valence-corrected chi connectivity index (χ3v) is 3.15. The van der Waals surface area contributed by atoms with E-state index in [0.717, 1.165) is 11.3 Å². The van der Waals surface area contributed by atoms with Crippen molar-refractivity contribution in [3.8, 4) is 0 Å². The highest BCUT2D eigenvalue weighted by Gasteiger charge is 1.99. The third-order valence-electron chi connectivity index (χ3n) is 2.80. The van der Waals surface area contributed by atoms with Crippen LogP contribution in [0.2, 0.25) is 5.02 Å². The van der Waals surface area contributed by atoms with Crippen LogP contribution in [0.15, 0.2) is 53.6 Å². The van der Waals surface area contributed by atoms with Crippen molar-refractivity contribution in [1.29, 1.82) is 0 Å². The molecule has 2 aromatic carbocycles. The predicted octanol–water partition coefficient (Wildman–Crippen LogP) is 3.21. The summed E-state index contributed by atoms with van der Waals surface area (Å²) in [6.07, 6.45) is 1.52. The number of carbonyl (C=O) groups is 1. The van der Waals surface area contributed by atoms with Crippen molar-refractivity contribution in [2.24, 2.45) is 5.10 Å². The van der Waals surface area contributed by atoms with Crippen molar-refractivity contribution in [1.82, 2.24) is 5.43 Å². The van der Waals surface area contributed by atoms with E-state index in [9.17, 15) is 4.79 Å². The number of benzene rings is 2. The van der Waals surface area contributed by atoms with Crippen molar-refractivity contribution in [2.45, 2.75) is 6.92 Å². The summed E-state index contributed by atoms with van der Waals surface area (Å²) < 4.78 is 0. The normalized spacial score (nSPS) is 10.6. The minimum absolute atomic E-state index is 0.156. The molecule has 0 heterocycles. The van der Waals surface area contributed by atoms with Crippen LogP contribution in [0.3, 0.4) is 0 Å². The summed E-state index contributed by atoms with van der Waals surface area (Å²) in [5.74, 6) is -0.223. The molecule has 0 aliphatic carbocycles. The molecule has 0 saturated carbocycles. The number of nitrogens with zero attached hydrogens (tertiary/aromatic N) is 1. The molecule has 21 heavy (non-hydrogen) atoms. The zero-order valence-corrected chi connectivity index (χ0v) is 12.4. The highest BCUT2D eigenvalue weighted by atomic mass is 35.5. The molecule has 0 atom stereocenters. The largest absolute Gasteiger partial charge is 0.376 e. The van der Waals surface area contributed by atoms with Gasteiger partial charge in [0, 0.05) is 16.3 Å². The monoisotopic (exact) mass is 301 g/mol. The van der Waals surface area contributed by atoms with Crippen LogP contribution in [-0.4, -0.2) is 18.7 Å². The molecule has 4 nitrogen and oxygen atoms in total. The Kier molecular flexibility index (Phi) is 5.35. The molecule has 0 aromatic heterocycles. The number of hydrogen-bond acceptors (Lipinski definition) is 3. The van der Waals surface area contributed by atoms with E-state index in [1.54, 1.807) is 6.07 Å². The fraction of sp³-hybridized carbons (Fsp3) is 0.125. The molecule has 0 radical (unpaired) electrons. The van der Waals surface area contributed by atoms with Gasteiger partial charge in [-0.3, -0.25) is 4.79 Å². The fourth-order valence-electron chi connectivity index (χ4n) is 1.65. The lowest BCUT2D eigenvalue weighted by atomic mass is 10.2. The molecular formula is C16H16ClN3O. The summed E-state index contributed by atoms with van der Waals surface area (Å²) in [4.78, 5) is 11.6. The molecule has 0 unspecified atom stereocenters. The van der Waals surface area contributed by atoms with Gasteiger partial charge in [-0.25, -0.2) is 5.43 Å². The summed E-state index contributed by atoms with van der Waals surface area (Å²) in [6.45, 7) is 2.17. The molecular weight excluding hydrogens is 286 g/mol. The minimum Gasteiger partial charge on any atom is -0.376 e. The summed E-state index contributed by atoms with van der Waals surface area (Å²) in [5.41, 5.74) is 5.27. The van der Waals surface area contributed by atoms with Gasteiger partial charge >= 0.3 is 0 Å². The van der Waals surface area contributed by atoms with E-state index < -0.39 is 0 Å². The molecule has 5 heteroatoms. The van der Waals surface area contributed by atoms with Crippen molar-refractivity contribution in [3.05, 3.63) is 64.7 Å². The number of amides is 1. The van der Waals surface area contributed by atoms with Crippen LogP contribution in [-0.2, 0) is 4.79 Å². The van der Waals surface area contributed by atoms with E-state index in [-0.39, 0.29) is 12.5 Å². The van der Waals surface area contributed by atoms with Gasteiger partial charge in [0.1, 0.15) is 0 Å². The number of anilines is 1. The molecule has 2 aromatic rings. The smallest absolute Gasteiger partial charge is 0.259 e. The van der Waals surface area contributed by atoms with Crippen molar-refractivity contribution in [2.75, 3.05) is 11.9 Å². The number of rotatable bonds is 5. The molecule has 1 amide bonds. The summed E-state index contributed by atoms with van der Waals surface area (Å²) in [6, 6.07) is 15.1. The number of nitrogens with one attached hydrogen (secondary N) is 2. The van der Waals surface area contributed by atoms with Crippen molar-refractivity contribution < 1.29 is 4.79 Å². The number of carbonyl (C=O) groups excluding carboxylic acids is 1. The number of hydrazone groups is 1. The molecule has 0 spiro atoms. The summed E-state index contributed by atoms with van der Waals surface area (Å²) in [5, 5.41) is 7.49. The Balaban J connectivity index is 1.80. The van der Waals surface area contributed by atoms with Gasteiger partial charge in [0.05, 0.1) is 12.8 Å². The van der Waals surface area contributed by atoms with Gasteiger partial charge in [-0.2, -0.15) is 5.10 Å². The standard InChI is InChI=1S/C16H16ClN3O/c1-12-6-8-14(9-7-12)18-11-16(21)20-19-10-13-4-2-3-5-15(13)17/h2-10,18H,11H2,1H3,(H,20,21). The van der Waals surface area contributed by atoms with E-state index in [1.165, 1.54) is 11.8 Å². The molecule has 2 N–H and O–H groups in total. The number of hydrogen-bond donors (Lipinski definition) is 2. The van der Waals surface area contributed by atoms with Crippen molar-refractivity contribution in [3.63, 3.8) is 0 Å². The Morgan fingerprint density at radius 2 is 1.90 bits per heavy atom. The first kappa shape index (κ1) is 15.1. The number of aryl methyl sites for hydroxylation is 1. The quantitative estimate of drug-likeness (QED) is 0.658. The van der Waals surface area contributed by atoms with Gasteiger partial charge in [0.25, 0.3) is 5.91 Å². The lowest BCUT2D eigenvalue weighted by Crippen LogP contribution is -2.25. The van der Waals surface area contributed by atoms with E-state index in [0.29, 0.717) is 5.02 Å². The van der Waals surface area contributed by atoms with Crippen LogP contribution in [0, 0.1) is 6.92 Å². The maximum absolute atomic E-state index is 11.6. The SMILES string of the molecule is Cc1ccc(NCC(=O)NN=Cc2ccccc2Cl)cc1. The minimum atomic E-state index is -0.223. The van der Waals surface area contributed by atoms with Crippen LogP contribution in [0.4, 0.5) is 5.69 Å². The molecule has 0 fully saturated rings. The Morgan fingerprint density at radius 1 is 1.19 bits per heavy atom. The Hall–Kier alpha value is -2.33. The van der Waals surface area contributed by atoms with E-state index in [4.69, 9.17) is 11.6 Å². The molecule has 108 valence electrons. The van der Waals surface area contributed by atoms with E-state index in [2.05, 4.69) is 15.8 Å². The maximum atomic E-state index is 11.6. The molecule has 0 aliphatic heterocycles. The highest BCUT2D eigenvalue weighted by Crippen LogP contribution is 2.12. The van der Waals surface area contributed by atoms with Crippen LogP contribution < -0.4 is 10.7 Å². The van der Waals surface area contributed by atoms with Crippen LogP contribution in [0.5, 0.6) is 0 Å². The average Bonchev–Trinajstić information content (AvgIpc) is 2.49. The lowest BCUT2D eigenvalue weighted by molar-refractivity contribution is -0.119. The molecule has 0 bridgehead atoms. The zero-order chi connectivity index (χ0) is 15.1. The Labute approximate surface area is 128 Å². The van der Waals surface area contributed by atoms with Gasteiger partial charge in [-0.05, 0) is 25.1 Å². The zero-order valence-electron chi connectivity index (χ0n) is 11.6. The Bertz CT molecular complexity index is 638. The van der Waals surface area contributed by atoms with Crippen molar-refractivity contribution >= 4 is 29.4 Å². The summed E-state index contributed by atoms with van der Waals surface area (Å²) >= 11 is 5.98. The predicted molar refractivity (Wildman–Crippen MR) is 86.9 cm³/mol. The second-order valence-electron chi connectivity index (χ2n) is 4.53. The third kappa shape index (κ3) is 4.93. The van der Waals surface area contributed by atoms with Gasteiger partial charge in [-0.15, -0.1) is 0 Å². The van der Waals surface area contributed by atoms with Crippen LogP contribution in [0.1, 0.15) is 11.1 Å². The van der Waals surface area contributed by atoms with E-state index in [1.807, 2.05) is 49.4 Å². The Morgan fingerprint density at radius 3 is 2.62 bits per heavy atom. The number of halogens is 1. The first-order valence-corrected chi connectivity index (χ1v) is 6.90. The maximum Gasteiger partial charge on any atom is 0.259 e. The van der Waals surface area contributed by atoms with Gasteiger partial charge < -0.3 is 5.32 Å². The second kappa shape index (κ2) is 7.45. The van der Waals surface area contributed by atoms with Gasteiger partial charge in [0.2, 0.25) is 0 Å². The van der Waals surface area contributed by atoms with Gasteiger partial charge in [0.15, 0.2) is 0 Å². The molecule has 0 aliphatic rings. The summed E-state index contributed by atoms with van der Waals surface area (Å²) in [7, 11) is 0. The highest BCUT2D eigenvalue weighted by molar-refractivity contribution is 6.33. The van der Waals surface area contributed by atoms with E-state index >= 15 is 0 Å². The second-order valence-corrected chi connectivity index (χ2v) is 4.94. The van der Waals surface area contributed by atoms with Crippen LogP contribution >= 0.6 is 11.6 Å². The molecule has 0 saturated heterocycles. The van der Waals surface area contributed by atoms with Crippen LogP contribution in [0.25, 0.3) is 0 Å². The van der Waals surface area contributed by atoms with Gasteiger partial charge in [-0.1, -0.05) is 47.5 Å².